The van der Waals surface area contributed by atoms with Crippen LogP contribution in [-0.4, -0.2) is 63.1 Å². The summed E-state index contributed by atoms with van der Waals surface area (Å²) in [6.07, 6.45) is 3.36. The highest BCUT2D eigenvalue weighted by Gasteiger charge is 2.22. The number of hydrogen-bond donors (Lipinski definition) is 0. The third-order valence-corrected chi connectivity index (χ3v) is 6.37. The lowest BCUT2D eigenvalue weighted by atomic mass is 10.1. The Bertz CT molecular complexity index is 1410. The van der Waals surface area contributed by atoms with E-state index < -0.39 is 0 Å². The molecule has 0 aliphatic carbocycles. The molecule has 0 N–H and O–H groups in total. The van der Waals surface area contributed by atoms with Crippen molar-refractivity contribution in [2.24, 2.45) is 0 Å². The van der Waals surface area contributed by atoms with E-state index in [4.69, 9.17) is 4.74 Å². The van der Waals surface area contributed by atoms with Crippen molar-refractivity contribution in [1.29, 1.82) is 0 Å². The summed E-state index contributed by atoms with van der Waals surface area (Å²) in [5, 5.41) is 0.565. The Morgan fingerprint density at radius 3 is 2.53 bits per heavy atom. The monoisotopic (exact) mass is 484 g/mol. The van der Waals surface area contributed by atoms with Crippen molar-refractivity contribution in [3.8, 4) is 17.0 Å². The molecule has 0 bridgehead atoms. The molecule has 1 aliphatic heterocycles. The van der Waals surface area contributed by atoms with Gasteiger partial charge in [-0.2, -0.15) is 0 Å². The highest BCUT2D eigenvalue weighted by molar-refractivity contribution is 5.78. The standard InChI is InChI=1S/C27H28N6O3/c1-2-36-21-9-7-20(8-10-21)24-17-25(29-18-28-24)31-13-15-32(16-14-31)26(34)11-12-33-19-30-23-6-4-3-5-22(23)27(33)35/h3-10,17-19H,2,11-16H2,1H3. The summed E-state index contributed by atoms with van der Waals surface area (Å²) in [6.45, 7) is 5.48. The lowest BCUT2D eigenvalue weighted by Crippen LogP contribution is -2.49. The summed E-state index contributed by atoms with van der Waals surface area (Å²) in [7, 11) is 0. The van der Waals surface area contributed by atoms with Crippen LogP contribution < -0.4 is 15.2 Å². The van der Waals surface area contributed by atoms with Gasteiger partial charge in [0.05, 0.1) is 29.5 Å². The quantitative estimate of drug-likeness (QED) is 0.398. The van der Waals surface area contributed by atoms with Gasteiger partial charge in [-0.3, -0.25) is 14.2 Å². The van der Waals surface area contributed by atoms with Gasteiger partial charge in [0, 0.05) is 50.8 Å². The van der Waals surface area contributed by atoms with Gasteiger partial charge in [0.15, 0.2) is 0 Å². The minimum absolute atomic E-state index is 0.0347. The van der Waals surface area contributed by atoms with E-state index in [0.717, 1.165) is 22.8 Å². The molecule has 36 heavy (non-hydrogen) atoms. The summed E-state index contributed by atoms with van der Waals surface area (Å²) >= 11 is 0. The Morgan fingerprint density at radius 1 is 0.972 bits per heavy atom. The van der Waals surface area contributed by atoms with Crippen LogP contribution in [0.1, 0.15) is 13.3 Å². The summed E-state index contributed by atoms with van der Waals surface area (Å²) in [5.41, 5.74) is 2.38. The highest BCUT2D eigenvalue weighted by Crippen LogP contribution is 2.24. The molecule has 2 aromatic carbocycles. The van der Waals surface area contributed by atoms with Crippen molar-refractivity contribution in [2.75, 3.05) is 37.7 Å². The van der Waals surface area contributed by atoms with Gasteiger partial charge in [-0.15, -0.1) is 0 Å². The predicted octanol–water partition coefficient (Wildman–Crippen LogP) is 2.99. The lowest BCUT2D eigenvalue weighted by Gasteiger charge is -2.35. The number of aryl methyl sites for hydroxylation is 1. The minimum atomic E-state index is -0.120. The topological polar surface area (TPSA) is 93.5 Å². The van der Waals surface area contributed by atoms with E-state index in [2.05, 4.69) is 19.9 Å². The molecule has 9 heteroatoms. The molecule has 9 nitrogen and oxygen atoms in total. The number of hydrogen-bond acceptors (Lipinski definition) is 7. The van der Waals surface area contributed by atoms with E-state index in [1.807, 2.05) is 60.4 Å². The molecule has 1 fully saturated rings. The number of carbonyl (C=O) groups is 1. The molecule has 1 amide bonds. The SMILES string of the molecule is CCOc1ccc(-c2cc(N3CCN(C(=O)CCn4cnc5ccccc5c4=O)CC3)ncn2)cc1. The fourth-order valence-electron chi connectivity index (χ4n) is 4.39. The van der Waals surface area contributed by atoms with Crippen molar-refractivity contribution in [2.45, 2.75) is 19.9 Å². The summed E-state index contributed by atoms with van der Waals surface area (Å²) < 4.78 is 7.03. The van der Waals surface area contributed by atoms with Crippen LogP contribution in [0.4, 0.5) is 5.82 Å². The van der Waals surface area contributed by atoms with Gasteiger partial charge in [-0.25, -0.2) is 15.0 Å². The first-order chi connectivity index (χ1) is 17.6. The number of aromatic nitrogens is 4. The second-order valence-electron chi connectivity index (χ2n) is 8.60. The van der Waals surface area contributed by atoms with Crippen LogP contribution in [0.3, 0.4) is 0 Å². The average molecular weight is 485 g/mol. The zero-order chi connectivity index (χ0) is 24.9. The normalized spacial score (nSPS) is 13.7. The van der Waals surface area contributed by atoms with Crippen molar-refractivity contribution < 1.29 is 9.53 Å². The average Bonchev–Trinajstić information content (AvgIpc) is 2.93. The largest absolute Gasteiger partial charge is 0.494 e. The van der Waals surface area contributed by atoms with Crippen molar-refractivity contribution >= 4 is 22.6 Å². The number of nitrogens with zero attached hydrogens (tertiary/aromatic N) is 6. The molecule has 2 aromatic heterocycles. The highest BCUT2D eigenvalue weighted by atomic mass is 16.5. The third-order valence-electron chi connectivity index (χ3n) is 6.37. The summed E-state index contributed by atoms with van der Waals surface area (Å²) in [4.78, 5) is 42.7. The fourth-order valence-corrected chi connectivity index (χ4v) is 4.39. The molecule has 0 radical (unpaired) electrons. The number of fused-ring (bicyclic) bond motifs is 1. The maximum Gasteiger partial charge on any atom is 0.261 e. The predicted molar refractivity (Wildman–Crippen MR) is 138 cm³/mol. The minimum Gasteiger partial charge on any atom is -0.494 e. The van der Waals surface area contributed by atoms with Crippen LogP contribution in [0.2, 0.25) is 0 Å². The van der Waals surface area contributed by atoms with Crippen molar-refractivity contribution in [3.63, 3.8) is 0 Å². The third kappa shape index (κ3) is 5.05. The van der Waals surface area contributed by atoms with Gasteiger partial charge in [0.1, 0.15) is 17.9 Å². The first kappa shape index (κ1) is 23.5. The lowest BCUT2D eigenvalue weighted by molar-refractivity contribution is -0.131. The molecular formula is C27H28N6O3. The Balaban J connectivity index is 1.18. The van der Waals surface area contributed by atoms with Crippen molar-refractivity contribution in [3.05, 3.63) is 77.6 Å². The summed E-state index contributed by atoms with van der Waals surface area (Å²) in [5.74, 6) is 1.71. The molecule has 184 valence electrons. The maximum absolute atomic E-state index is 12.8. The number of ether oxygens (including phenoxy) is 1. The number of anilines is 1. The van der Waals surface area contributed by atoms with Crippen LogP contribution in [-0.2, 0) is 11.3 Å². The Kier molecular flexibility index (Phi) is 6.88. The maximum atomic E-state index is 12.8. The molecule has 4 aromatic rings. The first-order valence-corrected chi connectivity index (χ1v) is 12.1. The van der Waals surface area contributed by atoms with Gasteiger partial charge in [0.2, 0.25) is 5.91 Å². The molecular weight excluding hydrogens is 456 g/mol. The van der Waals surface area contributed by atoms with Gasteiger partial charge >= 0.3 is 0 Å². The molecule has 0 saturated carbocycles. The van der Waals surface area contributed by atoms with Crippen LogP contribution in [0.25, 0.3) is 22.2 Å². The van der Waals surface area contributed by atoms with E-state index in [-0.39, 0.29) is 17.9 Å². The Morgan fingerprint density at radius 2 is 1.75 bits per heavy atom. The number of rotatable bonds is 7. The molecule has 3 heterocycles. The first-order valence-electron chi connectivity index (χ1n) is 12.1. The summed E-state index contributed by atoms with van der Waals surface area (Å²) in [6, 6.07) is 17.1. The number of carbonyl (C=O) groups excluding carboxylic acids is 1. The van der Waals surface area contributed by atoms with E-state index in [0.29, 0.717) is 50.2 Å². The zero-order valence-electron chi connectivity index (χ0n) is 20.2. The Hall–Kier alpha value is -4.27. The second kappa shape index (κ2) is 10.6. The number of amides is 1. The van der Waals surface area contributed by atoms with Crippen LogP contribution >= 0.6 is 0 Å². The number of benzene rings is 2. The number of para-hydroxylation sites is 1. The molecule has 5 rings (SSSR count). The Labute approximate surface area is 209 Å². The van der Waals surface area contributed by atoms with Crippen LogP contribution in [0.5, 0.6) is 5.75 Å². The number of piperazine rings is 1. The van der Waals surface area contributed by atoms with Gasteiger partial charge in [0.25, 0.3) is 5.56 Å². The smallest absolute Gasteiger partial charge is 0.261 e. The second-order valence-corrected chi connectivity index (χ2v) is 8.60. The van der Waals surface area contributed by atoms with Crippen LogP contribution in [0.15, 0.2) is 72.0 Å². The van der Waals surface area contributed by atoms with Crippen molar-refractivity contribution in [1.82, 2.24) is 24.4 Å². The van der Waals surface area contributed by atoms with E-state index >= 15 is 0 Å². The van der Waals surface area contributed by atoms with Gasteiger partial charge in [-0.05, 0) is 43.3 Å². The van der Waals surface area contributed by atoms with Gasteiger partial charge in [-0.1, -0.05) is 12.1 Å². The van der Waals surface area contributed by atoms with E-state index in [1.165, 1.54) is 10.9 Å². The van der Waals surface area contributed by atoms with E-state index in [1.54, 1.807) is 12.4 Å². The van der Waals surface area contributed by atoms with Gasteiger partial charge < -0.3 is 14.5 Å². The molecule has 1 aliphatic rings. The van der Waals surface area contributed by atoms with E-state index in [9.17, 15) is 9.59 Å². The van der Waals surface area contributed by atoms with Crippen LogP contribution in [0, 0.1) is 0 Å². The zero-order valence-corrected chi connectivity index (χ0v) is 20.2. The molecule has 0 unspecified atom stereocenters. The molecule has 1 saturated heterocycles. The molecule has 0 spiro atoms. The fraction of sp³-hybridized carbons (Fsp3) is 0.296. The molecule has 0 atom stereocenters.